The minimum Gasteiger partial charge on any atom is -0.489 e. The molecule has 1 aromatic heterocycles. The topological polar surface area (TPSA) is 51.2 Å². The Balaban J connectivity index is 1.43. The van der Waals surface area contributed by atoms with E-state index < -0.39 is 11.6 Å². The number of hydrogen-bond donors (Lipinski definition) is 1. The molecule has 1 amide bonds. The molecule has 1 aliphatic carbocycles. The molecule has 1 fully saturated rings. The number of benzene rings is 2. The van der Waals surface area contributed by atoms with Gasteiger partial charge in [0.15, 0.2) is 0 Å². The average molecular weight is 400 g/mol. The van der Waals surface area contributed by atoms with Gasteiger partial charge in [-0.05, 0) is 49.1 Å². The molecular formula is C21H18F2N2O2S. The van der Waals surface area contributed by atoms with Gasteiger partial charge in [0.05, 0.1) is 0 Å². The summed E-state index contributed by atoms with van der Waals surface area (Å²) in [5.41, 5.74) is 1.34. The molecule has 0 unspecified atom stereocenters. The Morgan fingerprint density at radius 1 is 1.21 bits per heavy atom. The lowest BCUT2D eigenvalue weighted by Crippen LogP contribution is -2.25. The van der Waals surface area contributed by atoms with Crippen molar-refractivity contribution in [2.24, 2.45) is 5.92 Å². The quantitative estimate of drug-likeness (QED) is 0.619. The Labute approximate surface area is 165 Å². The number of halogens is 2. The third-order valence-corrected chi connectivity index (χ3v) is 5.36. The lowest BCUT2D eigenvalue weighted by molar-refractivity contribution is 0.0947. The third-order valence-electron chi connectivity index (χ3n) is 4.47. The number of hydrogen-bond acceptors (Lipinski definition) is 4. The van der Waals surface area contributed by atoms with Crippen molar-refractivity contribution in [1.29, 1.82) is 0 Å². The van der Waals surface area contributed by atoms with E-state index >= 15 is 0 Å². The fourth-order valence-electron chi connectivity index (χ4n) is 2.69. The fourth-order valence-corrected chi connectivity index (χ4v) is 3.49. The maximum Gasteiger partial charge on any atom is 0.270 e. The summed E-state index contributed by atoms with van der Waals surface area (Å²) in [7, 11) is 0. The SMILES string of the molecule is O=C(NCC1CC1)c1csc(-c2cccc(OCc3cc(F)ccc3F)c2)n1. The van der Waals surface area contributed by atoms with E-state index in [4.69, 9.17) is 4.74 Å². The molecule has 0 radical (unpaired) electrons. The van der Waals surface area contributed by atoms with Crippen LogP contribution in [-0.2, 0) is 6.61 Å². The predicted octanol–water partition coefficient (Wildman–Crippen LogP) is 4.81. The number of ether oxygens (including phenoxy) is 1. The second-order valence-corrected chi connectivity index (χ2v) is 7.60. The van der Waals surface area contributed by atoms with Crippen LogP contribution in [0.3, 0.4) is 0 Å². The van der Waals surface area contributed by atoms with Crippen LogP contribution in [0, 0.1) is 17.6 Å². The van der Waals surface area contributed by atoms with Crippen LogP contribution >= 0.6 is 11.3 Å². The van der Waals surface area contributed by atoms with Gasteiger partial charge in [0.2, 0.25) is 0 Å². The van der Waals surface area contributed by atoms with Gasteiger partial charge in [-0.3, -0.25) is 4.79 Å². The molecule has 0 bridgehead atoms. The van der Waals surface area contributed by atoms with Crippen LogP contribution in [0.4, 0.5) is 8.78 Å². The van der Waals surface area contributed by atoms with Crippen LogP contribution in [0.5, 0.6) is 5.75 Å². The first-order valence-corrected chi connectivity index (χ1v) is 9.87. The van der Waals surface area contributed by atoms with Gasteiger partial charge in [-0.15, -0.1) is 11.3 Å². The van der Waals surface area contributed by atoms with Gasteiger partial charge >= 0.3 is 0 Å². The summed E-state index contributed by atoms with van der Waals surface area (Å²) in [5.74, 6) is -0.0679. The van der Waals surface area contributed by atoms with Gasteiger partial charge in [0, 0.05) is 23.1 Å². The number of thiazole rings is 1. The smallest absolute Gasteiger partial charge is 0.270 e. The van der Waals surface area contributed by atoms with Crippen molar-refractivity contribution in [1.82, 2.24) is 10.3 Å². The largest absolute Gasteiger partial charge is 0.489 e. The molecule has 0 aliphatic heterocycles. The number of carbonyl (C=O) groups is 1. The molecule has 0 saturated heterocycles. The molecule has 4 nitrogen and oxygen atoms in total. The first-order chi connectivity index (χ1) is 13.6. The molecule has 1 saturated carbocycles. The Bertz CT molecular complexity index is 1000. The molecule has 3 aromatic rings. The Hall–Kier alpha value is -2.80. The van der Waals surface area contributed by atoms with Gasteiger partial charge in [0.25, 0.3) is 5.91 Å². The summed E-state index contributed by atoms with van der Waals surface area (Å²) < 4.78 is 32.6. The zero-order valence-corrected chi connectivity index (χ0v) is 15.8. The summed E-state index contributed by atoms with van der Waals surface area (Å²) in [6.45, 7) is 0.616. The van der Waals surface area contributed by atoms with Crippen molar-refractivity contribution in [3.05, 3.63) is 70.7 Å². The van der Waals surface area contributed by atoms with Crippen molar-refractivity contribution >= 4 is 17.2 Å². The number of nitrogens with zero attached hydrogens (tertiary/aromatic N) is 1. The van der Waals surface area contributed by atoms with Gasteiger partial charge in [-0.1, -0.05) is 12.1 Å². The Kier molecular flexibility index (Phi) is 5.34. The van der Waals surface area contributed by atoms with Crippen molar-refractivity contribution in [3.63, 3.8) is 0 Å². The lowest BCUT2D eigenvalue weighted by Gasteiger charge is -2.08. The molecule has 7 heteroatoms. The molecule has 1 heterocycles. The molecule has 28 heavy (non-hydrogen) atoms. The van der Waals surface area contributed by atoms with Crippen LogP contribution in [0.1, 0.15) is 28.9 Å². The third kappa shape index (κ3) is 4.54. The number of amides is 1. The number of carbonyl (C=O) groups excluding carboxylic acids is 1. The van der Waals surface area contributed by atoms with Gasteiger partial charge < -0.3 is 10.1 Å². The monoisotopic (exact) mass is 400 g/mol. The highest BCUT2D eigenvalue weighted by Gasteiger charge is 2.22. The zero-order chi connectivity index (χ0) is 19.5. The van der Waals surface area contributed by atoms with Gasteiger partial charge in [0.1, 0.15) is 34.7 Å². The molecule has 1 N–H and O–H groups in total. The van der Waals surface area contributed by atoms with E-state index in [1.54, 1.807) is 23.6 Å². The predicted molar refractivity (Wildman–Crippen MR) is 103 cm³/mol. The standard InChI is InChI=1S/C21H18F2N2O2S/c22-16-6-7-18(23)15(8-16)11-27-17-3-1-2-14(9-17)21-25-19(12-28-21)20(26)24-10-13-4-5-13/h1-3,6-9,12-13H,4-5,10-11H2,(H,24,26). The summed E-state index contributed by atoms with van der Waals surface area (Å²) in [6.07, 6.45) is 2.35. The normalized spacial score (nSPS) is 13.4. The Morgan fingerprint density at radius 2 is 2.07 bits per heavy atom. The van der Waals surface area contributed by atoms with Gasteiger partial charge in [-0.2, -0.15) is 0 Å². The highest BCUT2D eigenvalue weighted by Crippen LogP contribution is 2.29. The zero-order valence-electron chi connectivity index (χ0n) is 15.0. The Morgan fingerprint density at radius 3 is 2.89 bits per heavy atom. The van der Waals surface area contributed by atoms with Crippen LogP contribution in [-0.4, -0.2) is 17.4 Å². The average Bonchev–Trinajstić information content (AvgIpc) is 3.40. The molecule has 0 spiro atoms. The summed E-state index contributed by atoms with van der Waals surface area (Å²) >= 11 is 1.37. The van der Waals surface area contributed by atoms with E-state index in [1.807, 2.05) is 6.07 Å². The second-order valence-electron chi connectivity index (χ2n) is 6.74. The van der Waals surface area contributed by atoms with E-state index in [1.165, 1.54) is 24.2 Å². The molecule has 1 aliphatic rings. The maximum atomic E-state index is 13.7. The number of rotatable bonds is 7. The maximum absolute atomic E-state index is 13.7. The molecule has 2 aromatic carbocycles. The minimum atomic E-state index is -0.515. The second kappa shape index (κ2) is 8.06. The number of nitrogens with one attached hydrogen (secondary N) is 1. The summed E-state index contributed by atoms with van der Waals surface area (Å²) in [6, 6.07) is 10.4. The highest BCUT2D eigenvalue weighted by atomic mass is 32.1. The van der Waals surface area contributed by atoms with E-state index in [9.17, 15) is 13.6 Å². The lowest BCUT2D eigenvalue weighted by atomic mass is 10.2. The van der Waals surface area contributed by atoms with Crippen LogP contribution in [0.25, 0.3) is 10.6 Å². The highest BCUT2D eigenvalue weighted by molar-refractivity contribution is 7.13. The first-order valence-electron chi connectivity index (χ1n) is 8.99. The van der Waals surface area contributed by atoms with Gasteiger partial charge in [-0.25, -0.2) is 13.8 Å². The van der Waals surface area contributed by atoms with Crippen LogP contribution in [0.2, 0.25) is 0 Å². The van der Waals surface area contributed by atoms with Crippen molar-refractivity contribution in [2.45, 2.75) is 19.4 Å². The first kappa shape index (κ1) is 18.6. The molecule has 0 atom stereocenters. The molecule has 144 valence electrons. The van der Waals surface area contributed by atoms with E-state index in [0.29, 0.717) is 28.9 Å². The molecule has 4 rings (SSSR count). The minimum absolute atomic E-state index is 0.0836. The van der Waals surface area contributed by atoms with E-state index in [-0.39, 0.29) is 18.1 Å². The van der Waals surface area contributed by atoms with Crippen molar-refractivity contribution < 1.29 is 18.3 Å². The van der Waals surface area contributed by atoms with E-state index in [2.05, 4.69) is 10.3 Å². The van der Waals surface area contributed by atoms with Crippen molar-refractivity contribution in [2.75, 3.05) is 6.54 Å². The molecular weight excluding hydrogens is 382 g/mol. The van der Waals surface area contributed by atoms with Crippen LogP contribution < -0.4 is 10.1 Å². The number of aromatic nitrogens is 1. The summed E-state index contributed by atoms with van der Waals surface area (Å²) in [5, 5.41) is 5.32. The van der Waals surface area contributed by atoms with E-state index in [0.717, 1.165) is 23.8 Å². The van der Waals surface area contributed by atoms with Crippen molar-refractivity contribution in [3.8, 4) is 16.3 Å². The fraction of sp³-hybridized carbons (Fsp3) is 0.238. The van der Waals surface area contributed by atoms with Crippen LogP contribution in [0.15, 0.2) is 47.8 Å². The summed E-state index contributed by atoms with van der Waals surface area (Å²) in [4.78, 5) is 16.6.